The van der Waals surface area contributed by atoms with Gasteiger partial charge in [-0.25, -0.2) is 14.4 Å². The van der Waals surface area contributed by atoms with Crippen LogP contribution >= 0.6 is 0 Å². The second kappa shape index (κ2) is 11.1. The number of rotatable bonds is 7. The minimum absolute atomic E-state index is 0.0734. The van der Waals surface area contributed by atoms with Crippen LogP contribution in [0.5, 0.6) is 5.75 Å². The van der Waals surface area contributed by atoms with Crippen molar-refractivity contribution in [1.82, 2.24) is 10.6 Å². The number of esters is 1. The molecule has 9 nitrogen and oxygen atoms in total. The summed E-state index contributed by atoms with van der Waals surface area (Å²) in [5.74, 6) is -0.830. The van der Waals surface area contributed by atoms with Crippen molar-refractivity contribution in [1.29, 1.82) is 0 Å². The van der Waals surface area contributed by atoms with E-state index in [0.29, 0.717) is 11.3 Å². The summed E-state index contributed by atoms with van der Waals surface area (Å²) < 4.78 is 16.2. The molecule has 1 unspecified atom stereocenters. The van der Waals surface area contributed by atoms with E-state index in [0.717, 1.165) is 42.2 Å². The minimum Gasteiger partial charge on any atom is -0.489 e. The third-order valence-corrected chi connectivity index (χ3v) is 6.10. The number of fused-ring (bicyclic) bond motifs is 1. The highest BCUT2D eigenvalue weighted by Crippen LogP contribution is 2.23. The number of nitrogens with one attached hydrogen (secondary N) is 2. The summed E-state index contributed by atoms with van der Waals surface area (Å²) in [6.07, 6.45) is 2.77. The van der Waals surface area contributed by atoms with E-state index < -0.39 is 29.6 Å². The number of carbonyl (C=O) groups excluding carboxylic acids is 3. The highest BCUT2D eigenvalue weighted by molar-refractivity contribution is 5.98. The van der Waals surface area contributed by atoms with Gasteiger partial charge in [0.1, 0.15) is 17.9 Å². The van der Waals surface area contributed by atoms with E-state index in [1.54, 1.807) is 36.4 Å². The second-order valence-corrected chi connectivity index (χ2v) is 8.88. The summed E-state index contributed by atoms with van der Waals surface area (Å²) in [5, 5.41) is 5.80. The van der Waals surface area contributed by atoms with Crippen LogP contribution in [0.4, 0.5) is 4.79 Å². The quantitative estimate of drug-likeness (QED) is 0.377. The number of hydrogen-bond acceptors (Lipinski definition) is 7. The average molecular weight is 493 g/mol. The van der Waals surface area contributed by atoms with Gasteiger partial charge in [-0.15, -0.1) is 0 Å². The van der Waals surface area contributed by atoms with Crippen LogP contribution in [0, 0.1) is 6.92 Å². The largest absolute Gasteiger partial charge is 0.489 e. The Morgan fingerprint density at radius 1 is 1.06 bits per heavy atom. The highest BCUT2D eigenvalue weighted by Gasteiger charge is 2.23. The third kappa shape index (κ3) is 6.29. The number of aryl methyl sites for hydroxylation is 1. The Kier molecular flexibility index (Phi) is 7.68. The second-order valence-electron chi connectivity index (χ2n) is 8.88. The van der Waals surface area contributed by atoms with Gasteiger partial charge in [-0.3, -0.25) is 10.1 Å². The van der Waals surface area contributed by atoms with Crippen LogP contribution in [0.25, 0.3) is 11.0 Å². The lowest BCUT2D eigenvalue weighted by molar-refractivity contribution is -0.127. The molecule has 1 aliphatic carbocycles. The lowest BCUT2D eigenvalue weighted by Crippen LogP contribution is -2.47. The lowest BCUT2D eigenvalue weighted by atomic mass is 10.1. The predicted molar refractivity (Wildman–Crippen MR) is 132 cm³/mol. The van der Waals surface area contributed by atoms with E-state index in [1.807, 2.05) is 13.0 Å². The molecule has 36 heavy (non-hydrogen) atoms. The Hall–Kier alpha value is -4.14. The zero-order valence-electron chi connectivity index (χ0n) is 20.2. The van der Waals surface area contributed by atoms with Crippen molar-refractivity contribution >= 4 is 28.9 Å². The number of benzene rings is 2. The van der Waals surface area contributed by atoms with Crippen LogP contribution in [0.1, 0.15) is 54.1 Å². The Morgan fingerprint density at radius 2 is 1.78 bits per heavy atom. The van der Waals surface area contributed by atoms with Crippen LogP contribution in [0.2, 0.25) is 0 Å². The van der Waals surface area contributed by atoms with Gasteiger partial charge in [-0.2, -0.15) is 0 Å². The summed E-state index contributed by atoms with van der Waals surface area (Å²) >= 11 is 0. The summed E-state index contributed by atoms with van der Waals surface area (Å²) in [6, 6.07) is 12.8. The first-order chi connectivity index (χ1) is 17.3. The Balaban J connectivity index is 1.28. The molecule has 2 aromatic carbocycles. The van der Waals surface area contributed by atoms with Crippen molar-refractivity contribution in [2.24, 2.45) is 0 Å². The van der Waals surface area contributed by atoms with Crippen molar-refractivity contribution in [3.8, 4) is 5.75 Å². The van der Waals surface area contributed by atoms with Gasteiger partial charge in [0.15, 0.2) is 6.10 Å². The zero-order chi connectivity index (χ0) is 25.7. The maximum Gasteiger partial charge on any atom is 0.338 e. The molecule has 9 heteroatoms. The molecule has 3 aromatic rings. The molecule has 0 aliphatic heterocycles. The minimum atomic E-state index is -1.13. The van der Waals surface area contributed by atoms with Gasteiger partial charge in [0.05, 0.1) is 5.56 Å². The van der Waals surface area contributed by atoms with Crippen molar-refractivity contribution in [3.63, 3.8) is 0 Å². The Morgan fingerprint density at radius 3 is 2.50 bits per heavy atom. The van der Waals surface area contributed by atoms with Gasteiger partial charge < -0.3 is 19.2 Å². The monoisotopic (exact) mass is 492 g/mol. The Labute approximate surface area is 207 Å². The van der Waals surface area contributed by atoms with E-state index in [9.17, 15) is 19.2 Å². The summed E-state index contributed by atoms with van der Waals surface area (Å²) in [6.45, 7) is 3.48. The molecule has 3 amide bonds. The molecule has 1 saturated carbocycles. The molecule has 2 N–H and O–H groups in total. The maximum absolute atomic E-state index is 12.4. The van der Waals surface area contributed by atoms with Gasteiger partial charge >= 0.3 is 17.6 Å². The molecule has 4 rings (SSSR count). The van der Waals surface area contributed by atoms with Crippen molar-refractivity contribution in [3.05, 3.63) is 75.6 Å². The number of imide groups is 1. The molecular formula is C27H28N2O7. The fourth-order valence-corrected chi connectivity index (χ4v) is 4.09. The van der Waals surface area contributed by atoms with Gasteiger partial charge in [0.25, 0.3) is 5.91 Å². The van der Waals surface area contributed by atoms with Crippen molar-refractivity contribution in [2.75, 3.05) is 0 Å². The number of carbonyl (C=O) groups is 3. The van der Waals surface area contributed by atoms with Crippen LogP contribution in [0.3, 0.4) is 0 Å². The number of ether oxygens (including phenoxy) is 2. The number of amides is 3. The van der Waals surface area contributed by atoms with E-state index in [-0.39, 0.29) is 18.2 Å². The first-order valence-electron chi connectivity index (χ1n) is 11.9. The molecule has 0 bridgehead atoms. The fourth-order valence-electron chi connectivity index (χ4n) is 4.09. The summed E-state index contributed by atoms with van der Waals surface area (Å²) in [5.41, 5.74) is 1.92. The van der Waals surface area contributed by atoms with E-state index in [2.05, 4.69) is 10.6 Å². The molecule has 188 valence electrons. The van der Waals surface area contributed by atoms with Gasteiger partial charge in [-0.05, 0) is 62.1 Å². The van der Waals surface area contributed by atoms with Crippen LogP contribution in [-0.2, 0) is 16.1 Å². The van der Waals surface area contributed by atoms with E-state index in [1.165, 1.54) is 13.0 Å². The lowest BCUT2D eigenvalue weighted by Gasteiger charge is -2.15. The van der Waals surface area contributed by atoms with Crippen LogP contribution < -0.4 is 21.0 Å². The number of hydrogen-bond donors (Lipinski definition) is 2. The predicted octanol–water partition coefficient (Wildman–Crippen LogP) is 3.99. The standard InChI is InChI=1S/C27H28N2O7/c1-16-13-24(30)36-23-14-21(11-12-22(16)23)34-15-18-7-9-19(10-8-18)26(32)35-17(2)25(31)29-27(33)28-20-5-3-4-6-20/h7-14,17,20H,3-6,15H2,1-2H3,(H2,28,29,31,33). The van der Waals surface area contributed by atoms with Crippen molar-refractivity contribution < 1.29 is 28.3 Å². The maximum atomic E-state index is 12.4. The fraction of sp³-hybridized carbons (Fsp3) is 0.333. The normalized spacial score (nSPS) is 14.3. The summed E-state index contributed by atoms with van der Waals surface area (Å²) in [7, 11) is 0. The molecule has 1 aliphatic rings. The summed E-state index contributed by atoms with van der Waals surface area (Å²) in [4.78, 5) is 48.2. The molecule has 1 fully saturated rings. The van der Waals surface area contributed by atoms with Gasteiger partial charge in [-0.1, -0.05) is 25.0 Å². The van der Waals surface area contributed by atoms with E-state index >= 15 is 0 Å². The number of urea groups is 1. The molecule has 1 heterocycles. The molecule has 1 atom stereocenters. The van der Waals surface area contributed by atoms with Crippen molar-refractivity contribution in [2.45, 2.75) is 58.3 Å². The topological polar surface area (TPSA) is 124 Å². The van der Waals surface area contributed by atoms with Crippen LogP contribution in [-0.4, -0.2) is 30.1 Å². The SMILES string of the molecule is Cc1cc(=O)oc2cc(OCc3ccc(C(=O)OC(C)C(=O)NC(=O)NC4CCCC4)cc3)ccc12. The third-order valence-electron chi connectivity index (χ3n) is 6.10. The van der Waals surface area contributed by atoms with E-state index in [4.69, 9.17) is 13.9 Å². The molecule has 0 saturated heterocycles. The van der Waals surface area contributed by atoms with Gasteiger partial charge in [0, 0.05) is 23.6 Å². The smallest absolute Gasteiger partial charge is 0.338 e. The highest BCUT2D eigenvalue weighted by atomic mass is 16.5. The molecule has 0 radical (unpaired) electrons. The zero-order valence-corrected chi connectivity index (χ0v) is 20.2. The molecule has 0 spiro atoms. The first kappa shape index (κ1) is 25.0. The van der Waals surface area contributed by atoms with Crippen LogP contribution in [0.15, 0.2) is 57.7 Å². The Bertz CT molecular complexity index is 1320. The molecule has 1 aromatic heterocycles. The molecular weight excluding hydrogens is 464 g/mol. The first-order valence-corrected chi connectivity index (χ1v) is 11.9. The average Bonchev–Trinajstić information content (AvgIpc) is 3.35. The van der Waals surface area contributed by atoms with Gasteiger partial charge in [0.2, 0.25) is 0 Å².